The van der Waals surface area contributed by atoms with Gasteiger partial charge in [0.2, 0.25) is 11.8 Å². The lowest BCUT2D eigenvalue weighted by atomic mass is 10.0. The fourth-order valence-corrected chi connectivity index (χ4v) is 4.06. The van der Waals surface area contributed by atoms with E-state index in [0.717, 1.165) is 16.7 Å². The Hall–Kier alpha value is -3.11. The number of benzene rings is 3. The molecule has 178 valence electrons. The Morgan fingerprint density at radius 3 is 2.09 bits per heavy atom. The van der Waals surface area contributed by atoms with Crippen molar-refractivity contribution in [3.63, 3.8) is 0 Å². The van der Waals surface area contributed by atoms with E-state index in [2.05, 4.69) is 19.2 Å². The molecule has 0 spiro atoms. The predicted octanol–water partition coefficient (Wildman–Crippen LogP) is 5.68. The molecule has 0 aliphatic rings. The summed E-state index contributed by atoms with van der Waals surface area (Å²) in [6.07, 6.45) is 1.40. The van der Waals surface area contributed by atoms with Crippen LogP contribution in [0.15, 0.2) is 84.9 Å². The minimum absolute atomic E-state index is 0.0514. The van der Waals surface area contributed by atoms with E-state index in [1.165, 1.54) is 0 Å². The van der Waals surface area contributed by atoms with Crippen LogP contribution in [0.2, 0.25) is 5.02 Å². The van der Waals surface area contributed by atoms with Crippen LogP contribution in [0.5, 0.6) is 0 Å². The standard InChI is InChI=1S/C29H33ClN2O2/c1-22(2)20-31-29(34)27(19-24-12-7-4-8-13-24)32(21-25-14-9-15-26(30)18-25)28(33)17-16-23-10-5-3-6-11-23/h3-15,18,22,27H,16-17,19-21H2,1-2H3,(H,31,34)/t27-/m0/s1. The largest absolute Gasteiger partial charge is 0.354 e. The lowest BCUT2D eigenvalue weighted by Gasteiger charge is -2.32. The Balaban J connectivity index is 1.89. The maximum Gasteiger partial charge on any atom is 0.243 e. The minimum Gasteiger partial charge on any atom is -0.354 e. The van der Waals surface area contributed by atoms with Gasteiger partial charge in [-0.05, 0) is 41.2 Å². The number of amides is 2. The van der Waals surface area contributed by atoms with Crippen molar-refractivity contribution in [1.29, 1.82) is 0 Å². The molecule has 0 saturated carbocycles. The summed E-state index contributed by atoms with van der Waals surface area (Å²) in [4.78, 5) is 28.7. The van der Waals surface area contributed by atoms with Crippen LogP contribution in [0.3, 0.4) is 0 Å². The van der Waals surface area contributed by atoms with Gasteiger partial charge in [0, 0.05) is 31.0 Å². The van der Waals surface area contributed by atoms with Gasteiger partial charge in [-0.25, -0.2) is 0 Å². The zero-order valence-corrected chi connectivity index (χ0v) is 20.7. The molecule has 0 aliphatic heterocycles. The second kappa shape index (κ2) is 13.0. The third-order valence-electron chi connectivity index (χ3n) is 5.67. The summed E-state index contributed by atoms with van der Waals surface area (Å²) in [5, 5.41) is 3.66. The van der Waals surface area contributed by atoms with E-state index in [-0.39, 0.29) is 11.8 Å². The lowest BCUT2D eigenvalue weighted by Crippen LogP contribution is -2.51. The molecule has 0 unspecified atom stereocenters. The number of carbonyl (C=O) groups excluding carboxylic acids is 2. The molecule has 3 aromatic carbocycles. The zero-order valence-electron chi connectivity index (χ0n) is 19.9. The summed E-state index contributed by atoms with van der Waals surface area (Å²) < 4.78 is 0. The molecule has 0 bridgehead atoms. The molecular formula is C29H33ClN2O2. The fourth-order valence-electron chi connectivity index (χ4n) is 3.85. The number of aryl methyl sites for hydroxylation is 1. The van der Waals surface area contributed by atoms with E-state index in [1.54, 1.807) is 4.90 Å². The highest BCUT2D eigenvalue weighted by Crippen LogP contribution is 2.19. The van der Waals surface area contributed by atoms with Gasteiger partial charge in [-0.15, -0.1) is 0 Å². The number of hydrogen-bond acceptors (Lipinski definition) is 2. The van der Waals surface area contributed by atoms with Crippen LogP contribution in [-0.4, -0.2) is 29.3 Å². The van der Waals surface area contributed by atoms with Crippen molar-refractivity contribution in [3.05, 3.63) is 107 Å². The van der Waals surface area contributed by atoms with Crippen molar-refractivity contribution in [2.45, 2.75) is 45.7 Å². The van der Waals surface area contributed by atoms with Crippen LogP contribution in [0.25, 0.3) is 0 Å². The predicted molar refractivity (Wildman–Crippen MR) is 139 cm³/mol. The topological polar surface area (TPSA) is 49.4 Å². The van der Waals surface area contributed by atoms with Crippen LogP contribution in [-0.2, 0) is 29.0 Å². The molecular weight excluding hydrogens is 444 g/mol. The second-order valence-electron chi connectivity index (χ2n) is 8.98. The number of nitrogens with one attached hydrogen (secondary N) is 1. The molecule has 0 radical (unpaired) electrons. The van der Waals surface area contributed by atoms with Crippen LogP contribution in [0.1, 0.15) is 37.0 Å². The fraction of sp³-hybridized carbons (Fsp3) is 0.310. The minimum atomic E-state index is -0.622. The Morgan fingerprint density at radius 2 is 1.47 bits per heavy atom. The average molecular weight is 477 g/mol. The smallest absolute Gasteiger partial charge is 0.243 e. The first-order valence-corrected chi connectivity index (χ1v) is 12.2. The van der Waals surface area contributed by atoms with Crippen molar-refractivity contribution in [1.82, 2.24) is 10.2 Å². The SMILES string of the molecule is CC(C)CNC(=O)[C@H](Cc1ccccc1)N(Cc1cccc(Cl)c1)C(=O)CCc1ccccc1. The molecule has 0 aromatic heterocycles. The number of carbonyl (C=O) groups is 2. The summed E-state index contributed by atoms with van der Waals surface area (Å²) in [5.41, 5.74) is 3.01. The second-order valence-corrected chi connectivity index (χ2v) is 9.42. The molecule has 34 heavy (non-hydrogen) atoms. The van der Waals surface area contributed by atoms with E-state index in [9.17, 15) is 9.59 Å². The first-order valence-electron chi connectivity index (χ1n) is 11.8. The van der Waals surface area contributed by atoms with E-state index in [0.29, 0.717) is 43.3 Å². The Bertz CT molecular complexity index is 1050. The van der Waals surface area contributed by atoms with E-state index < -0.39 is 6.04 Å². The number of halogens is 1. The molecule has 2 amide bonds. The third-order valence-corrected chi connectivity index (χ3v) is 5.90. The van der Waals surface area contributed by atoms with Gasteiger partial charge in [-0.3, -0.25) is 9.59 Å². The molecule has 4 nitrogen and oxygen atoms in total. The Kier molecular flexibility index (Phi) is 9.72. The van der Waals surface area contributed by atoms with Gasteiger partial charge < -0.3 is 10.2 Å². The number of hydrogen-bond donors (Lipinski definition) is 1. The van der Waals surface area contributed by atoms with Crippen LogP contribution in [0, 0.1) is 5.92 Å². The summed E-state index contributed by atoms with van der Waals surface area (Å²) in [6.45, 7) is 5.00. The van der Waals surface area contributed by atoms with Gasteiger partial charge in [-0.1, -0.05) is 98.2 Å². The van der Waals surface area contributed by atoms with Crippen molar-refractivity contribution < 1.29 is 9.59 Å². The Morgan fingerprint density at radius 1 is 0.853 bits per heavy atom. The highest BCUT2D eigenvalue weighted by atomic mass is 35.5. The van der Waals surface area contributed by atoms with E-state index >= 15 is 0 Å². The zero-order chi connectivity index (χ0) is 24.3. The van der Waals surface area contributed by atoms with Crippen LogP contribution >= 0.6 is 11.6 Å². The maximum atomic E-state index is 13.6. The highest BCUT2D eigenvalue weighted by Gasteiger charge is 2.30. The molecule has 3 rings (SSSR count). The van der Waals surface area contributed by atoms with Gasteiger partial charge in [0.25, 0.3) is 0 Å². The molecule has 1 atom stereocenters. The summed E-state index contributed by atoms with van der Waals surface area (Å²) in [5.74, 6) is 0.133. The first-order chi connectivity index (χ1) is 16.4. The summed E-state index contributed by atoms with van der Waals surface area (Å²) in [6, 6.07) is 26.6. The molecule has 1 N–H and O–H groups in total. The van der Waals surface area contributed by atoms with Gasteiger partial charge in [0.05, 0.1) is 0 Å². The molecule has 3 aromatic rings. The van der Waals surface area contributed by atoms with Crippen LogP contribution in [0.4, 0.5) is 0 Å². The maximum absolute atomic E-state index is 13.6. The van der Waals surface area contributed by atoms with Crippen LogP contribution < -0.4 is 5.32 Å². The first kappa shape index (κ1) is 25.5. The summed E-state index contributed by atoms with van der Waals surface area (Å²) >= 11 is 6.22. The van der Waals surface area contributed by atoms with Crippen molar-refractivity contribution in [2.75, 3.05) is 6.54 Å². The van der Waals surface area contributed by atoms with Gasteiger partial charge in [0.1, 0.15) is 6.04 Å². The normalized spacial score (nSPS) is 11.8. The lowest BCUT2D eigenvalue weighted by molar-refractivity contribution is -0.141. The van der Waals surface area contributed by atoms with Gasteiger partial charge in [0.15, 0.2) is 0 Å². The van der Waals surface area contributed by atoms with E-state index in [4.69, 9.17) is 11.6 Å². The number of nitrogens with zero attached hydrogens (tertiary/aromatic N) is 1. The quantitative estimate of drug-likeness (QED) is 0.386. The Labute approximate surface area is 207 Å². The highest BCUT2D eigenvalue weighted by molar-refractivity contribution is 6.30. The van der Waals surface area contributed by atoms with Gasteiger partial charge >= 0.3 is 0 Å². The average Bonchev–Trinajstić information content (AvgIpc) is 2.84. The third kappa shape index (κ3) is 8.03. The van der Waals surface area contributed by atoms with E-state index in [1.807, 2.05) is 84.9 Å². The molecule has 0 aliphatic carbocycles. The molecule has 0 heterocycles. The molecule has 0 fully saturated rings. The van der Waals surface area contributed by atoms with Crippen molar-refractivity contribution in [3.8, 4) is 0 Å². The van der Waals surface area contributed by atoms with Crippen molar-refractivity contribution in [2.24, 2.45) is 5.92 Å². The number of rotatable bonds is 11. The summed E-state index contributed by atoms with van der Waals surface area (Å²) in [7, 11) is 0. The van der Waals surface area contributed by atoms with Gasteiger partial charge in [-0.2, -0.15) is 0 Å². The molecule has 5 heteroatoms. The molecule has 0 saturated heterocycles. The van der Waals surface area contributed by atoms with Crippen molar-refractivity contribution >= 4 is 23.4 Å². The monoisotopic (exact) mass is 476 g/mol.